The summed E-state index contributed by atoms with van der Waals surface area (Å²) in [5, 5.41) is 0. The second-order valence-corrected chi connectivity index (χ2v) is 6.52. The molecule has 11 heteroatoms. The Hall–Kier alpha value is -1.23. The molecule has 0 unspecified atom stereocenters. The van der Waals surface area contributed by atoms with Crippen molar-refractivity contribution in [3.05, 3.63) is 18.0 Å². The molecular formula is C11H19ClF2N4O3S. The number of hydrogen-bond acceptors (Lipinski definition) is 4. The lowest BCUT2D eigenvalue weighted by Crippen LogP contribution is -2.41. The van der Waals surface area contributed by atoms with Crippen LogP contribution in [0, 0.1) is 0 Å². The Bertz CT molecular complexity index is 631. The van der Waals surface area contributed by atoms with Crippen molar-refractivity contribution in [1.29, 1.82) is 0 Å². The van der Waals surface area contributed by atoms with E-state index < -0.39 is 34.9 Å². The van der Waals surface area contributed by atoms with E-state index >= 15 is 0 Å². The van der Waals surface area contributed by atoms with Crippen LogP contribution in [0.15, 0.2) is 17.2 Å². The third kappa shape index (κ3) is 4.90. The molecule has 0 aliphatic carbocycles. The van der Waals surface area contributed by atoms with Crippen LogP contribution in [0.4, 0.5) is 8.78 Å². The van der Waals surface area contributed by atoms with E-state index in [9.17, 15) is 22.0 Å². The van der Waals surface area contributed by atoms with E-state index in [1.807, 2.05) is 0 Å². The minimum absolute atomic E-state index is 0. The number of carbonyl (C=O) groups excluding carboxylic acids is 1. The summed E-state index contributed by atoms with van der Waals surface area (Å²) < 4.78 is 53.0. The fourth-order valence-corrected chi connectivity index (χ4v) is 2.61. The lowest BCUT2D eigenvalue weighted by atomic mass is 10.3. The van der Waals surface area contributed by atoms with Gasteiger partial charge in [0.1, 0.15) is 10.6 Å². The number of halogens is 3. The lowest BCUT2D eigenvalue weighted by molar-refractivity contribution is 0.0170. The number of nitrogens with two attached hydrogens (primary N) is 1. The van der Waals surface area contributed by atoms with E-state index in [1.54, 1.807) is 4.72 Å². The maximum Gasteiger partial charge on any atom is 0.273 e. The minimum Gasteiger partial charge on any atom is -0.345 e. The van der Waals surface area contributed by atoms with Crippen molar-refractivity contribution in [3.63, 3.8) is 0 Å². The number of hydrogen-bond donors (Lipinski definition) is 2. The van der Waals surface area contributed by atoms with Crippen molar-refractivity contribution < 1.29 is 22.0 Å². The minimum atomic E-state index is -4.14. The van der Waals surface area contributed by atoms with Gasteiger partial charge in [-0.25, -0.2) is 21.9 Å². The van der Waals surface area contributed by atoms with Crippen molar-refractivity contribution >= 4 is 28.3 Å². The molecule has 1 aromatic rings. The lowest BCUT2D eigenvalue weighted by Gasteiger charge is -2.14. The Morgan fingerprint density at radius 3 is 2.45 bits per heavy atom. The normalized spacial score (nSPS) is 11.9. The number of alkyl halides is 2. The summed E-state index contributed by atoms with van der Waals surface area (Å²) in [6, 6.07) is 1.13. The molecule has 0 bridgehead atoms. The molecule has 0 fully saturated rings. The number of nitrogens with zero attached hydrogens (tertiary/aromatic N) is 2. The van der Waals surface area contributed by atoms with Crippen LogP contribution in [0.3, 0.4) is 0 Å². The summed E-state index contributed by atoms with van der Waals surface area (Å²) in [7, 11) is 0.384. The molecule has 1 rings (SSSR count). The Labute approximate surface area is 133 Å². The monoisotopic (exact) mass is 360 g/mol. The number of amides is 1. The second-order valence-electron chi connectivity index (χ2n) is 4.76. The first kappa shape index (κ1) is 20.8. The van der Waals surface area contributed by atoms with E-state index in [-0.39, 0.29) is 23.0 Å². The standard InChI is InChI=1S/C11H18F2N4O3S.ClH/c1-16(2)10(18)9-4-8(5-17(9)3)21(19,20)15-7-11(12,13)6-14;/h4-5,15H,6-7,14H2,1-3H3;1H. The summed E-state index contributed by atoms with van der Waals surface area (Å²) in [6.45, 7) is -2.06. The maximum atomic E-state index is 13.0. The van der Waals surface area contributed by atoms with E-state index in [4.69, 9.17) is 5.73 Å². The fraction of sp³-hybridized carbons (Fsp3) is 0.545. The van der Waals surface area contributed by atoms with Crippen molar-refractivity contribution in [2.24, 2.45) is 12.8 Å². The topological polar surface area (TPSA) is 97.4 Å². The van der Waals surface area contributed by atoms with Crippen LogP contribution in [0.2, 0.25) is 0 Å². The molecule has 1 amide bonds. The van der Waals surface area contributed by atoms with Crippen molar-refractivity contribution in [2.45, 2.75) is 10.8 Å². The van der Waals surface area contributed by atoms with Crippen LogP contribution in [0.5, 0.6) is 0 Å². The summed E-state index contributed by atoms with van der Waals surface area (Å²) >= 11 is 0. The summed E-state index contributed by atoms with van der Waals surface area (Å²) in [4.78, 5) is 12.8. The van der Waals surface area contributed by atoms with Crippen LogP contribution < -0.4 is 10.5 Å². The molecule has 0 atom stereocenters. The first-order chi connectivity index (χ1) is 9.50. The van der Waals surface area contributed by atoms with Gasteiger partial charge >= 0.3 is 0 Å². The third-order valence-electron chi connectivity index (χ3n) is 2.73. The SMILES string of the molecule is CN(C)C(=O)c1cc(S(=O)(=O)NCC(F)(F)CN)cn1C.Cl. The van der Waals surface area contributed by atoms with Gasteiger partial charge in [-0.15, -0.1) is 12.4 Å². The Morgan fingerprint density at radius 2 is 2.00 bits per heavy atom. The second kappa shape index (κ2) is 7.36. The molecule has 3 N–H and O–H groups in total. The Balaban J connectivity index is 0.00000441. The van der Waals surface area contributed by atoms with Gasteiger partial charge in [0.25, 0.3) is 11.8 Å². The highest BCUT2D eigenvalue weighted by Gasteiger charge is 2.30. The van der Waals surface area contributed by atoms with E-state index in [1.165, 1.54) is 36.8 Å². The molecule has 128 valence electrons. The first-order valence-corrected chi connectivity index (χ1v) is 7.44. The summed E-state index contributed by atoms with van der Waals surface area (Å²) in [5.74, 6) is -3.73. The Morgan fingerprint density at radius 1 is 1.45 bits per heavy atom. The average molecular weight is 361 g/mol. The smallest absolute Gasteiger partial charge is 0.273 e. The number of rotatable bonds is 6. The van der Waals surface area contributed by atoms with Gasteiger partial charge in [-0.05, 0) is 6.07 Å². The highest BCUT2D eigenvalue weighted by atomic mass is 35.5. The van der Waals surface area contributed by atoms with Gasteiger partial charge in [0.2, 0.25) is 10.0 Å². The molecule has 1 aromatic heterocycles. The third-order valence-corrected chi connectivity index (χ3v) is 4.10. The summed E-state index contributed by atoms with van der Waals surface area (Å²) in [5.41, 5.74) is 4.97. The van der Waals surface area contributed by atoms with Gasteiger partial charge in [-0.3, -0.25) is 4.79 Å². The fourth-order valence-electron chi connectivity index (χ4n) is 1.48. The zero-order valence-electron chi connectivity index (χ0n) is 12.3. The molecule has 0 saturated heterocycles. The van der Waals surface area contributed by atoms with Crippen LogP contribution in [0.1, 0.15) is 10.5 Å². The zero-order valence-corrected chi connectivity index (χ0v) is 14.0. The summed E-state index contributed by atoms with van der Waals surface area (Å²) in [6.07, 6.45) is 1.18. The first-order valence-electron chi connectivity index (χ1n) is 5.96. The molecule has 1 heterocycles. The molecule has 22 heavy (non-hydrogen) atoms. The molecule has 0 saturated carbocycles. The highest BCUT2D eigenvalue weighted by molar-refractivity contribution is 7.89. The van der Waals surface area contributed by atoms with E-state index in [0.717, 1.165) is 6.07 Å². The van der Waals surface area contributed by atoms with Gasteiger partial charge < -0.3 is 15.2 Å². The molecule has 0 aliphatic heterocycles. The highest BCUT2D eigenvalue weighted by Crippen LogP contribution is 2.16. The Kier molecular flexibility index (Phi) is 6.95. The van der Waals surface area contributed by atoms with Crippen LogP contribution in [-0.2, 0) is 17.1 Å². The van der Waals surface area contributed by atoms with Crippen LogP contribution >= 0.6 is 12.4 Å². The molecule has 0 spiro atoms. The van der Waals surface area contributed by atoms with Crippen molar-refractivity contribution in [3.8, 4) is 0 Å². The largest absolute Gasteiger partial charge is 0.345 e. The predicted octanol–water partition coefficient (Wildman–Crippen LogP) is 0.0210. The number of nitrogens with one attached hydrogen (secondary N) is 1. The molecule has 0 radical (unpaired) electrons. The number of aryl methyl sites for hydroxylation is 1. The molecule has 0 aliphatic rings. The van der Waals surface area contributed by atoms with E-state index in [2.05, 4.69) is 0 Å². The number of aromatic nitrogens is 1. The molecule has 7 nitrogen and oxygen atoms in total. The average Bonchev–Trinajstić information content (AvgIpc) is 2.78. The van der Waals surface area contributed by atoms with Crippen molar-refractivity contribution in [1.82, 2.24) is 14.2 Å². The number of sulfonamides is 1. The van der Waals surface area contributed by atoms with Gasteiger partial charge in [0.15, 0.2) is 0 Å². The van der Waals surface area contributed by atoms with Crippen LogP contribution in [0.25, 0.3) is 0 Å². The van der Waals surface area contributed by atoms with Crippen LogP contribution in [-0.4, -0.2) is 56.9 Å². The maximum absolute atomic E-state index is 13.0. The van der Waals surface area contributed by atoms with Gasteiger partial charge in [0.05, 0.1) is 13.1 Å². The zero-order chi connectivity index (χ0) is 16.4. The quantitative estimate of drug-likeness (QED) is 0.747. The van der Waals surface area contributed by atoms with E-state index in [0.29, 0.717) is 0 Å². The van der Waals surface area contributed by atoms with Gasteiger partial charge in [-0.2, -0.15) is 0 Å². The van der Waals surface area contributed by atoms with Crippen molar-refractivity contribution in [2.75, 3.05) is 27.2 Å². The predicted molar refractivity (Wildman–Crippen MR) is 79.9 cm³/mol. The number of carbonyl (C=O) groups is 1. The van der Waals surface area contributed by atoms with Gasteiger partial charge in [0, 0.05) is 27.3 Å². The molecular weight excluding hydrogens is 342 g/mol. The van der Waals surface area contributed by atoms with Gasteiger partial charge in [-0.1, -0.05) is 0 Å². The molecule has 0 aromatic carbocycles.